The first-order chi connectivity index (χ1) is 9.87. The van der Waals surface area contributed by atoms with E-state index in [2.05, 4.69) is 10.2 Å². The molecule has 1 aliphatic rings. The van der Waals surface area contributed by atoms with E-state index >= 15 is 0 Å². The Kier molecular flexibility index (Phi) is 7.63. The van der Waals surface area contributed by atoms with Gasteiger partial charge in [0.1, 0.15) is 0 Å². The third-order valence-electron chi connectivity index (χ3n) is 4.35. The van der Waals surface area contributed by atoms with Crippen molar-refractivity contribution in [3.63, 3.8) is 0 Å². The molecule has 0 saturated carbocycles. The summed E-state index contributed by atoms with van der Waals surface area (Å²) in [5.41, 5.74) is 4.96. The highest BCUT2D eigenvalue weighted by molar-refractivity contribution is 5.84. The van der Waals surface area contributed by atoms with Crippen LogP contribution in [0.1, 0.15) is 52.9 Å². The highest BCUT2D eigenvalue weighted by atomic mass is 16.5. The van der Waals surface area contributed by atoms with E-state index in [4.69, 9.17) is 10.5 Å². The van der Waals surface area contributed by atoms with Gasteiger partial charge in [0.15, 0.2) is 0 Å². The average Bonchev–Trinajstić information content (AvgIpc) is 2.43. The van der Waals surface area contributed by atoms with Gasteiger partial charge in [-0.25, -0.2) is 0 Å². The molecule has 5 nitrogen and oxygen atoms in total. The Balaban J connectivity index is 2.29. The van der Waals surface area contributed by atoms with Crippen LogP contribution in [0.15, 0.2) is 0 Å². The molecule has 0 aromatic rings. The van der Waals surface area contributed by atoms with Crippen molar-refractivity contribution < 1.29 is 9.53 Å². The number of carbonyl (C=O) groups excluding carboxylic acids is 1. The Morgan fingerprint density at radius 2 is 2.19 bits per heavy atom. The smallest absolute Gasteiger partial charge is 0.237 e. The fourth-order valence-corrected chi connectivity index (χ4v) is 3.13. The van der Waals surface area contributed by atoms with Gasteiger partial charge in [-0.05, 0) is 66.0 Å². The van der Waals surface area contributed by atoms with Gasteiger partial charge in [-0.2, -0.15) is 0 Å². The Labute approximate surface area is 129 Å². The summed E-state index contributed by atoms with van der Waals surface area (Å²) in [4.78, 5) is 14.1. The van der Waals surface area contributed by atoms with Gasteiger partial charge in [-0.3, -0.25) is 4.79 Å². The van der Waals surface area contributed by atoms with Gasteiger partial charge < -0.3 is 20.7 Å². The first-order valence-corrected chi connectivity index (χ1v) is 8.20. The van der Waals surface area contributed by atoms with Crippen molar-refractivity contribution in [3.8, 4) is 0 Å². The number of ether oxygens (including phenoxy) is 1. The lowest BCUT2D eigenvalue weighted by Gasteiger charge is -2.33. The van der Waals surface area contributed by atoms with Crippen LogP contribution in [0.4, 0.5) is 0 Å². The van der Waals surface area contributed by atoms with Gasteiger partial charge in [0.25, 0.3) is 0 Å². The molecule has 2 unspecified atom stereocenters. The Morgan fingerprint density at radius 3 is 2.76 bits per heavy atom. The minimum Gasteiger partial charge on any atom is -0.380 e. The van der Waals surface area contributed by atoms with Crippen molar-refractivity contribution in [1.29, 1.82) is 0 Å². The number of unbranched alkanes of at least 4 members (excludes halogenated alkanes) is 1. The van der Waals surface area contributed by atoms with Crippen molar-refractivity contribution >= 4 is 5.91 Å². The predicted octanol–water partition coefficient (Wildman–Crippen LogP) is 1.51. The van der Waals surface area contributed by atoms with Crippen LogP contribution in [0, 0.1) is 0 Å². The summed E-state index contributed by atoms with van der Waals surface area (Å²) in [5, 5.41) is 3.30. The molecule has 3 N–H and O–H groups in total. The topological polar surface area (TPSA) is 67.6 Å². The summed E-state index contributed by atoms with van der Waals surface area (Å²) in [5.74, 6) is -0.256. The Bertz CT molecular complexity index is 323. The number of nitrogens with one attached hydrogen (secondary N) is 1. The zero-order valence-electron chi connectivity index (χ0n) is 14.2. The molecule has 124 valence electrons. The maximum absolute atomic E-state index is 11.7. The lowest BCUT2D eigenvalue weighted by molar-refractivity contribution is -0.124. The number of hydrogen-bond acceptors (Lipinski definition) is 4. The lowest BCUT2D eigenvalue weighted by atomic mass is 9.93. The van der Waals surface area contributed by atoms with E-state index in [0.29, 0.717) is 6.10 Å². The second-order valence-electron chi connectivity index (χ2n) is 6.75. The van der Waals surface area contributed by atoms with Crippen molar-refractivity contribution in [2.75, 3.05) is 26.7 Å². The summed E-state index contributed by atoms with van der Waals surface area (Å²) in [6.07, 6.45) is 5.67. The number of primary amides is 1. The molecule has 0 radical (unpaired) electrons. The normalized spacial score (nSPS) is 23.2. The third kappa shape index (κ3) is 6.32. The zero-order valence-corrected chi connectivity index (χ0v) is 14.2. The van der Waals surface area contributed by atoms with Crippen LogP contribution in [0.3, 0.4) is 0 Å². The van der Waals surface area contributed by atoms with Crippen LogP contribution >= 0.6 is 0 Å². The molecule has 0 bridgehead atoms. The van der Waals surface area contributed by atoms with Gasteiger partial charge >= 0.3 is 0 Å². The minimum absolute atomic E-state index is 0.256. The predicted molar refractivity (Wildman–Crippen MR) is 86.2 cm³/mol. The number of amides is 1. The summed E-state index contributed by atoms with van der Waals surface area (Å²) in [7, 11) is 1.80. The summed E-state index contributed by atoms with van der Waals surface area (Å²) in [6, 6.07) is 0.257. The molecule has 0 aliphatic carbocycles. The lowest BCUT2D eigenvalue weighted by Crippen LogP contribution is -2.55. The summed E-state index contributed by atoms with van der Waals surface area (Å²) < 4.78 is 5.44. The fourth-order valence-electron chi connectivity index (χ4n) is 3.13. The molecule has 0 aromatic carbocycles. The van der Waals surface area contributed by atoms with Crippen LogP contribution in [-0.4, -0.2) is 55.2 Å². The maximum atomic E-state index is 11.7. The molecule has 1 saturated heterocycles. The molecule has 21 heavy (non-hydrogen) atoms. The van der Waals surface area contributed by atoms with Gasteiger partial charge in [-0.15, -0.1) is 0 Å². The van der Waals surface area contributed by atoms with Gasteiger partial charge in [-0.1, -0.05) is 0 Å². The van der Waals surface area contributed by atoms with Crippen LogP contribution in [0.5, 0.6) is 0 Å². The van der Waals surface area contributed by atoms with Crippen molar-refractivity contribution in [1.82, 2.24) is 10.2 Å². The number of nitrogens with two attached hydrogens (primary N) is 1. The third-order valence-corrected chi connectivity index (χ3v) is 4.35. The van der Waals surface area contributed by atoms with Crippen LogP contribution in [0.2, 0.25) is 0 Å². The zero-order chi connectivity index (χ0) is 15.9. The highest BCUT2D eigenvalue weighted by Gasteiger charge is 2.30. The molecule has 1 heterocycles. The quantitative estimate of drug-likeness (QED) is 0.633. The van der Waals surface area contributed by atoms with Crippen LogP contribution in [0.25, 0.3) is 0 Å². The largest absolute Gasteiger partial charge is 0.380 e. The summed E-state index contributed by atoms with van der Waals surface area (Å²) >= 11 is 0. The van der Waals surface area contributed by atoms with Crippen LogP contribution in [-0.2, 0) is 9.53 Å². The van der Waals surface area contributed by atoms with E-state index in [0.717, 1.165) is 38.9 Å². The second-order valence-corrected chi connectivity index (χ2v) is 6.75. The Morgan fingerprint density at radius 1 is 1.48 bits per heavy atom. The SMILES string of the molecule is COC1CCCN(CCCCC(C)(NC(C)C)C(N)=O)C1. The van der Waals surface area contributed by atoms with E-state index in [-0.39, 0.29) is 11.9 Å². The van der Waals surface area contributed by atoms with E-state index < -0.39 is 5.54 Å². The molecule has 0 aromatic heterocycles. The van der Waals surface area contributed by atoms with Crippen molar-refractivity contribution in [3.05, 3.63) is 0 Å². The van der Waals surface area contributed by atoms with Crippen molar-refractivity contribution in [2.45, 2.75) is 70.6 Å². The minimum atomic E-state index is -0.592. The molecule has 1 fully saturated rings. The fraction of sp³-hybridized carbons (Fsp3) is 0.938. The van der Waals surface area contributed by atoms with E-state index in [1.807, 2.05) is 20.8 Å². The number of methoxy groups -OCH3 is 1. The Hall–Kier alpha value is -0.650. The standard InChI is InChI=1S/C16H33N3O2/c1-13(2)18-16(3,15(17)20)9-5-6-10-19-11-7-8-14(12-19)21-4/h13-14,18H,5-12H2,1-4H3,(H2,17,20). The van der Waals surface area contributed by atoms with E-state index in [1.165, 1.54) is 12.8 Å². The number of hydrogen-bond donors (Lipinski definition) is 2. The number of likely N-dealkylation sites (tertiary alicyclic amines) is 1. The molecule has 0 spiro atoms. The number of carbonyl (C=O) groups is 1. The molecular weight excluding hydrogens is 266 g/mol. The number of rotatable bonds is 9. The highest BCUT2D eigenvalue weighted by Crippen LogP contribution is 2.17. The van der Waals surface area contributed by atoms with Gasteiger partial charge in [0.2, 0.25) is 5.91 Å². The molecule has 1 rings (SSSR count). The monoisotopic (exact) mass is 299 g/mol. The first kappa shape index (κ1) is 18.4. The molecule has 2 atom stereocenters. The van der Waals surface area contributed by atoms with Crippen molar-refractivity contribution in [2.24, 2.45) is 5.73 Å². The molecule has 1 aliphatic heterocycles. The van der Waals surface area contributed by atoms with E-state index in [1.54, 1.807) is 7.11 Å². The first-order valence-electron chi connectivity index (χ1n) is 8.20. The number of piperidine rings is 1. The molecular formula is C16H33N3O2. The van der Waals surface area contributed by atoms with Gasteiger partial charge in [0.05, 0.1) is 11.6 Å². The molecule has 1 amide bonds. The second kappa shape index (κ2) is 8.71. The average molecular weight is 299 g/mol. The number of nitrogens with zero attached hydrogens (tertiary/aromatic N) is 1. The van der Waals surface area contributed by atoms with Gasteiger partial charge in [0, 0.05) is 19.7 Å². The maximum Gasteiger partial charge on any atom is 0.237 e. The van der Waals surface area contributed by atoms with E-state index in [9.17, 15) is 4.79 Å². The summed E-state index contributed by atoms with van der Waals surface area (Å²) in [6.45, 7) is 9.28. The molecule has 5 heteroatoms. The van der Waals surface area contributed by atoms with Crippen LogP contribution < -0.4 is 11.1 Å².